The van der Waals surface area contributed by atoms with Crippen LogP contribution in [0.15, 0.2) is 54.6 Å². The Kier molecular flexibility index (Phi) is 2.31. The first-order valence-corrected chi connectivity index (χ1v) is 5.91. The molecule has 0 saturated carbocycles. The summed E-state index contributed by atoms with van der Waals surface area (Å²) in [5.41, 5.74) is 2.12. The molecular formula is C13H10N2S. The summed E-state index contributed by atoms with van der Waals surface area (Å²) in [5, 5.41) is 4.24. The van der Waals surface area contributed by atoms with Crippen LogP contribution in [-0.2, 0) is 0 Å². The maximum atomic E-state index is 4.52. The monoisotopic (exact) mass is 226 g/mol. The van der Waals surface area contributed by atoms with Gasteiger partial charge in [0.15, 0.2) is 5.13 Å². The van der Waals surface area contributed by atoms with Gasteiger partial charge in [0.1, 0.15) is 0 Å². The van der Waals surface area contributed by atoms with Crippen molar-refractivity contribution >= 4 is 32.4 Å². The van der Waals surface area contributed by atoms with Crippen molar-refractivity contribution in [1.82, 2.24) is 4.98 Å². The molecule has 0 spiro atoms. The fraction of sp³-hybridized carbons (Fsp3) is 0. The minimum Gasteiger partial charge on any atom is -0.332 e. The molecule has 0 aliphatic rings. The van der Waals surface area contributed by atoms with E-state index in [1.54, 1.807) is 11.3 Å². The molecule has 3 heteroatoms. The first-order chi connectivity index (χ1) is 7.92. The van der Waals surface area contributed by atoms with Crippen molar-refractivity contribution in [3.63, 3.8) is 0 Å². The van der Waals surface area contributed by atoms with E-state index in [0.29, 0.717) is 0 Å². The predicted molar refractivity (Wildman–Crippen MR) is 69.3 cm³/mol. The van der Waals surface area contributed by atoms with E-state index in [1.807, 2.05) is 48.5 Å². The second kappa shape index (κ2) is 3.94. The van der Waals surface area contributed by atoms with Crippen molar-refractivity contribution in [2.75, 3.05) is 5.32 Å². The van der Waals surface area contributed by atoms with Gasteiger partial charge in [-0.1, -0.05) is 41.7 Å². The molecule has 16 heavy (non-hydrogen) atoms. The van der Waals surface area contributed by atoms with E-state index < -0.39 is 0 Å². The first kappa shape index (κ1) is 9.36. The molecule has 2 aromatic carbocycles. The largest absolute Gasteiger partial charge is 0.332 e. The number of aromatic nitrogens is 1. The van der Waals surface area contributed by atoms with Crippen LogP contribution in [0.25, 0.3) is 10.2 Å². The van der Waals surface area contributed by atoms with E-state index in [1.165, 1.54) is 4.70 Å². The van der Waals surface area contributed by atoms with Crippen LogP contribution in [-0.4, -0.2) is 4.98 Å². The lowest BCUT2D eigenvalue weighted by Crippen LogP contribution is -1.87. The van der Waals surface area contributed by atoms with Gasteiger partial charge in [-0.3, -0.25) is 0 Å². The molecule has 0 aliphatic carbocycles. The van der Waals surface area contributed by atoms with Gasteiger partial charge in [0, 0.05) is 5.69 Å². The number of benzene rings is 2. The summed E-state index contributed by atoms with van der Waals surface area (Å²) in [6, 6.07) is 18.2. The zero-order valence-corrected chi connectivity index (χ0v) is 9.37. The fourth-order valence-electron chi connectivity index (χ4n) is 1.57. The molecule has 0 saturated heterocycles. The molecule has 3 aromatic rings. The number of anilines is 2. The minimum absolute atomic E-state index is 0.937. The molecule has 1 N–H and O–H groups in total. The van der Waals surface area contributed by atoms with Crippen molar-refractivity contribution in [1.29, 1.82) is 0 Å². The zero-order valence-electron chi connectivity index (χ0n) is 8.55. The van der Waals surface area contributed by atoms with Crippen LogP contribution in [0.3, 0.4) is 0 Å². The van der Waals surface area contributed by atoms with Gasteiger partial charge in [-0.05, 0) is 24.3 Å². The molecule has 0 bridgehead atoms. The van der Waals surface area contributed by atoms with Crippen LogP contribution in [0.2, 0.25) is 0 Å². The number of fused-ring (bicyclic) bond motifs is 1. The number of nitrogens with one attached hydrogen (secondary N) is 1. The van der Waals surface area contributed by atoms with Crippen LogP contribution in [0.5, 0.6) is 0 Å². The van der Waals surface area contributed by atoms with Crippen molar-refractivity contribution < 1.29 is 0 Å². The number of nitrogens with zero attached hydrogens (tertiary/aromatic N) is 1. The van der Waals surface area contributed by atoms with E-state index in [0.717, 1.165) is 16.3 Å². The highest BCUT2D eigenvalue weighted by molar-refractivity contribution is 7.22. The number of thiazole rings is 1. The van der Waals surface area contributed by atoms with Crippen molar-refractivity contribution in [2.45, 2.75) is 0 Å². The highest BCUT2D eigenvalue weighted by atomic mass is 32.1. The zero-order chi connectivity index (χ0) is 10.8. The maximum absolute atomic E-state index is 4.52. The second-order valence-corrected chi connectivity index (χ2v) is 4.51. The number of hydrogen-bond acceptors (Lipinski definition) is 3. The molecule has 0 atom stereocenters. The standard InChI is InChI=1S/C13H10N2S/c1-2-6-10(7-3-1)14-13-15-11-8-4-5-9-12(11)16-13/h1-9H,(H,14,15). The Morgan fingerprint density at radius 1 is 0.875 bits per heavy atom. The SMILES string of the molecule is c1ccc(Nc2nc3ccccc3s2)cc1. The molecular weight excluding hydrogens is 216 g/mol. The first-order valence-electron chi connectivity index (χ1n) is 5.09. The highest BCUT2D eigenvalue weighted by Crippen LogP contribution is 2.27. The average Bonchev–Trinajstić information content (AvgIpc) is 2.72. The molecule has 0 amide bonds. The molecule has 1 aromatic heterocycles. The van der Waals surface area contributed by atoms with E-state index in [-0.39, 0.29) is 0 Å². The van der Waals surface area contributed by atoms with Gasteiger partial charge in [0.05, 0.1) is 10.2 Å². The van der Waals surface area contributed by atoms with Gasteiger partial charge in [-0.15, -0.1) is 0 Å². The topological polar surface area (TPSA) is 24.9 Å². The minimum atomic E-state index is 0.937. The van der Waals surface area contributed by atoms with Crippen LogP contribution in [0.4, 0.5) is 10.8 Å². The van der Waals surface area contributed by atoms with Gasteiger partial charge in [0.25, 0.3) is 0 Å². The molecule has 2 nitrogen and oxygen atoms in total. The van der Waals surface area contributed by atoms with Crippen molar-refractivity contribution in [3.8, 4) is 0 Å². The number of para-hydroxylation sites is 2. The highest BCUT2D eigenvalue weighted by Gasteiger charge is 2.02. The van der Waals surface area contributed by atoms with Crippen LogP contribution in [0, 0.1) is 0 Å². The Morgan fingerprint density at radius 2 is 1.62 bits per heavy atom. The third kappa shape index (κ3) is 1.77. The van der Waals surface area contributed by atoms with Gasteiger partial charge in [-0.2, -0.15) is 0 Å². The lowest BCUT2D eigenvalue weighted by Gasteiger charge is -1.99. The van der Waals surface area contributed by atoms with E-state index in [2.05, 4.69) is 16.4 Å². The molecule has 78 valence electrons. The van der Waals surface area contributed by atoms with Crippen molar-refractivity contribution in [3.05, 3.63) is 54.6 Å². The van der Waals surface area contributed by atoms with Gasteiger partial charge in [-0.25, -0.2) is 4.98 Å². The Labute approximate surface area is 97.6 Å². The molecule has 0 fully saturated rings. The predicted octanol–water partition coefficient (Wildman–Crippen LogP) is 4.04. The molecule has 0 unspecified atom stereocenters. The van der Waals surface area contributed by atoms with E-state index >= 15 is 0 Å². The van der Waals surface area contributed by atoms with Crippen LogP contribution in [0.1, 0.15) is 0 Å². The summed E-state index contributed by atoms with van der Waals surface area (Å²) in [4.78, 5) is 4.52. The lowest BCUT2D eigenvalue weighted by atomic mass is 10.3. The summed E-state index contributed by atoms with van der Waals surface area (Å²) >= 11 is 1.67. The van der Waals surface area contributed by atoms with E-state index in [4.69, 9.17) is 0 Å². The third-order valence-corrected chi connectivity index (χ3v) is 3.27. The Balaban J connectivity index is 1.95. The van der Waals surface area contributed by atoms with Gasteiger partial charge >= 0.3 is 0 Å². The second-order valence-electron chi connectivity index (χ2n) is 3.48. The summed E-state index contributed by atoms with van der Waals surface area (Å²) in [5.74, 6) is 0. The smallest absolute Gasteiger partial charge is 0.188 e. The van der Waals surface area contributed by atoms with Crippen LogP contribution >= 0.6 is 11.3 Å². The average molecular weight is 226 g/mol. The Morgan fingerprint density at radius 3 is 2.44 bits per heavy atom. The summed E-state index contributed by atoms with van der Waals surface area (Å²) in [6.07, 6.45) is 0. The molecule has 0 radical (unpaired) electrons. The maximum Gasteiger partial charge on any atom is 0.188 e. The molecule has 1 heterocycles. The molecule has 0 aliphatic heterocycles. The van der Waals surface area contributed by atoms with E-state index in [9.17, 15) is 0 Å². The quantitative estimate of drug-likeness (QED) is 0.713. The Bertz CT molecular complexity index is 568. The summed E-state index contributed by atoms with van der Waals surface area (Å²) in [7, 11) is 0. The number of hydrogen-bond donors (Lipinski definition) is 1. The van der Waals surface area contributed by atoms with Crippen LogP contribution < -0.4 is 5.32 Å². The van der Waals surface area contributed by atoms with Gasteiger partial charge < -0.3 is 5.32 Å². The Hall–Kier alpha value is -1.87. The fourth-order valence-corrected chi connectivity index (χ4v) is 2.46. The van der Waals surface area contributed by atoms with Crippen molar-refractivity contribution in [2.24, 2.45) is 0 Å². The molecule has 3 rings (SSSR count). The van der Waals surface area contributed by atoms with Gasteiger partial charge in [0.2, 0.25) is 0 Å². The summed E-state index contributed by atoms with van der Waals surface area (Å²) in [6.45, 7) is 0. The summed E-state index contributed by atoms with van der Waals surface area (Å²) < 4.78 is 1.21. The lowest BCUT2D eigenvalue weighted by molar-refractivity contribution is 1.44. The normalized spacial score (nSPS) is 10.5. The third-order valence-electron chi connectivity index (χ3n) is 2.32. The number of rotatable bonds is 2.